The highest BCUT2D eigenvalue weighted by molar-refractivity contribution is 6.07. The van der Waals surface area contributed by atoms with Gasteiger partial charge in [-0.1, -0.05) is 0 Å². The van der Waals surface area contributed by atoms with E-state index in [1.165, 1.54) is 6.92 Å². The second-order valence-corrected chi connectivity index (χ2v) is 3.13. The van der Waals surface area contributed by atoms with Crippen LogP contribution in [0, 0.1) is 13.8 Å². The van der Waals surface area contributed by atoms with Gasteiger partial charge in [0.25, 0.3) is 0 Å². The lowest BCUT2D eigenvalue weighted by atomic mass is 10.1. The summed E-state index contributed by atoms with van der Waals surface area (Å²) >= 11 is 0. The fraction of sp³-hybridized carbons (Fsp3) is 0.400. The Bertz CT molecular complexity index is 347. The van der Waals surface area contributed by atoms with Gasteiger partial charge in [-0.2, -0.15) is 0 Å². The van der Waals surface area contributed by atoms with Crippen molar-refractivity contribution < 1.29 is 14.0 Å². The molecular formula is C10H12O3. The predicted octanol–water partition coefficient (Wildman–Crippen LogP) is 2.06. The van der Waals surface area contributed by atoms with Gasteiger partial charge in [-0.25, -0.2) is 0 Å². The van der Waals surface area contributed by atoms with E-state index in [4.69, 9.17) is 4.42 Å². The average Bonchev–Trinajstić information content (AvgIpc) is 2.28. The van der Waals surface area contributed by atoms with Crippen molar-refractivity contribution in [3.8, 4) is 0 Å². The number of Topliss-reactive ketones (excluding diaryl/α,β-unsaturated/α-hetero) is 2. The molecule has 70 valence electrons. The second kappa shape index (κ2) is 3.56. The molecular weight excluding hydrogens is 168 g/mol. The third-order valence-electron chi connectivity index (χ3n) is 1.75. The molecule has 0 aromatic carbocycles. The molecule has 0 fully saturated rings. The first-order valence-corrected chi connectivity index (χ1v) is 4.10. The van der Waals surface area contributed by atoms with Crippen LogP contribution in [0.5, 0.6) is 0 Å². The summed E-state index contributed by atoms with van der Waals surface area (Å²) in [6, 6.07) is 1.67. The summed E-state index contributed by atoms with van der Waals surface area (Å²) < 4.78 is 5.19. The van der Waals surface area contributed by atoms with Crippen molar-refractivity contribution in [2.45, 2.75) is 27.2 Å². The molecule has 3 nitrogen and oxygen atoms in total. The van der Waals surface area contributed by atoms with Crippen molar-refractivity contribution in [1.82, 2.24) is 0 Å². The number of hydrogen-bond acceptors (Lipinski definition) is 3. The molecule has 0 aliphatic carbocycles. The van der Waals surface area contributed by atoms with Crippen molar-refractivity contribution in [3.05, 3.63) is 23.2 Å². The van der Waals surface area contributed by atoms with Crippen LogP contribution in [0.1, 0.15) is 35.2 Å². The molecule has 0 aliphatic heterocycles. The quantitative estimate of drug-likeness (QED) is 0.528. The first-order chi connectivity index (χ1) is 6.00. The summed E-state index contributed by atoms with van der Waals surface area (Å²) in [6.45, 7) is 4.90. The first kappa shape index (κ1) is 9.71. The Morgan fingerprint density at radius 2 is 2.00 bits per heavy atom. The normalized spacial score (nSPS) is 10.1. The number of furan rings is 1. The van der Waals surface area contributed by atoms with E-state index in [-0.39, 0.29) is 18.0 Å². The van der Waals surface area contributed by atoms with Gasteiger partial charge < -0.3 is 4.42 Å². The van der Waals surface area contributed by atoms with Gasteiger partial charge in [-0.3, -0.25) is 9.59 Å². The highest BCUT2D eigenvalue weighted by atomic mass is 16.3. The van der Waals surface area contributed by atoms with Crippen LogP contribution in [0.15, 0.2) is 10.5 Å². The molecule has 1 aromatic rings. The average molecular weight is 180 g/mol. The van der Waals surface area contributed by atoms with Crippen LogP contribution in [0.2, 0.25) is 0 Å². The molecule has 0 saturated carbocycles. The van der Waals surface area contributed by atoms with E-state index >= 15 is 0 Å². The van der Waals surface area contributed by atoms with Crippen LogP contribution in [0.4, 0.5) is 0 Å². The predicted molar refractivity (Wildman–Crippen MR) is 47.8 cm³/mol. The van der Waals surface area contributed by atoms with E-state index in [0.29, 0.717) is 17.1 Å². The van der Waals surface area contributed by atoms with Crippen molar-refractivity contribution in [2.75, 3.05) is 0 Å². The van der Waals surface area contributed by atoms with E-state index in [1.54, 1.807) is 19.9 Å². The molecule has 1 rings (SSSR count). The van der Waals surface area contributed by atoms with E-state index < -0.39 is 0 Å². The molecule has 0 amide bonds. The highest BCUT2D eigenvalue weighted by Crippen LogP contribution is 2.15. The first-order valence-electron chi connectivity index (χ1n) is 4.10. The fourth-order valence-electron chi connectivity index (χ4n) is 1.23. The van der Waals surface area contributed by atoms with Crippen molar-refractivity contribution >= 4 is 11.6 Å². The van der Waals surface area contributed by atoms with E-state index in [1.807, 2.05) is 0 Å². The zero-order valence-corrected chi connectivity index (χ0v) is 8.01. The Labute approximate surface area is 76.7 Å². The van der Waals surface area contributed by atoms with Crippen LogP contribution in [0.3, 0.4) is 0 Å². The Morgan fingerprint density at radius 3 is 2.38 bits per heavy atom. The Balaban J connectivity index is 2.88. The minimum absolute atomic E-state index is 0.0419. The number of carbonyl (C=O) groups is 2. The summed E-state index contributed by atoms with van der Waals surface area (Å²) in [4.78, 5) is 22.1. The number of rotatable bonds is 3. The Morgan fingerprint density at radius 1 is 1.38 bits per heavy atom. The molecule has 1 heterocycles. The lowest BCUT2D eigenvalue weighted by Gasteiger charge is -1.93. The third kappa shape index (κ3) is 2.28. The molecule has 1 aromatic heterocycles. The summed E-state index contributed by atoms with van der Waals surface area (Å²) in [6.07, 6.45) is -0.0419. The molecule has 0 spiro atoms. The molecule has 0 N–H and O–H groups in total. The van der Waals surface area contributed by atoms with Crippen LogP contribution < -0.4 is 0 Å². The molecule has 13 heavy (non-hydrogen) atoms. The Kier molecular flexibility index (Phi) is 2.66. The zero-order valence-electron chi connectivity index (χ0n) is 8.01. The monoisotopic (exact) mass is 180 g/mol. The SMILES string of the molecule is CC(=O)CC(=O)c1cc(C)oc1C. The topological polar surface area (TPSA) is 47.3 Å². The maximum Gasteiger partial charge on any atom is 0.173 e. The van der Waals surface area contributed by atoms with Crippen LogP contribution >= 0.6 is 0 Å². The molecule has 0 atom stereocenters. The van der Waals surface area contributed by atoms with E-state index in [0.717, 1.165) is 0 Å². The summed E-state index contributed by atoms with van der Waals surface area (Å²) in [5, 5.41) is 0. The van der Waals surface area contributed by atoms with Crippen molar-refractivity contribution in [3.63, 3.8) is 0 Å². The molecule has 0 bridgehead atoms. The standard InChI is InChI=1S/C10H12O3/c1-6(11)4-10(12)9-5-7(2)13-8(9)3/h5H,4H2,1-3H3. The van der Waals surface area contributed by atoms with Gasteiger partial charge in [0.05, 0.1) is 12.0 Å². The van der Waals surface area contributed by atoms with Gasteiger partial charge in [0, 0.05) is 0 Å². The highest BCUT2D eigenvalue weighted by Gasteiger charge is 2.14. The number of carbonyl (C=O) groups excluding carboxylic acids is 2. The molecule has 0 radical (unpaired) electrons. The van der Waals surface area contributed by atoms with Crippen molar-refractivity contribution in [2.24, 2.45) is 0 Å². The van der Waals surface area contributed by atoms with Gasteiger partial charge in [0.2, 0.25) is 0 Å². The summed E-state index contributed by atoms with van der Waals surface area (Å²) in [5.41, 5.74) is 0.521. The van der Waals surface area contributed by atoms with E-state index in [9.17, 15) is 9.59 Å². The van der Waals surface area contributed by atoms with Crippen LogP contribution in [-0.2, 0) is 4.79 Å². The van der Waals surface area contributed by atoms with Gasteiger partial charge in [-0.15, -0.1) is 0 Å². The molecule has 0 saturated heterocycles. The number of aryl methyl sites for hydroxylation is 2. The molecule has 3 heteroatoms. The van der Waals surface area contributed by atoms with Gasteiger partial charge >= 0.3 is 0 Å². The summed E-state index contributed by atoms with van der Waals surface area (Å²) in [7, 11) is 0. The number of ketones is 2. The maximum absolute atomic E-state index is 11.4. The van der Waals surface area contributed by atoms with Crippen molar-refractivity contribution in [1.29, 1.82) is 0 Å². The zero-order chi connectivity index (χ0) is 10.0. The lowest BCUT2D eigenvalue weighted by Crippen LogP contribution is -2.04. The van der Waals surface area contributed by atoms with E-state index in [2.05, 4.69) is 0 Å². The second-order valence-electron chi connectivity index (χ2n) is 3.13. The van der Waals surface area contributed by atoms with Crippen LogP contribution in [0.25, 0.3) is 0 Å². The maximum atomic E-state index is 11.4. The van der Waals surface area contributed by atoms with Gasteiger partial charge in [0.1, 0.15) is 17.3 Å². The van der Waals surface area contributed by atoms with Crippen LogP contribution in [-0.4, -0.2) is 11.6 Å². The minimum atomic E-state index is -0.165. The molecule has 0 aliphatic rings. The minimum Gasteiger partial charge on any atom is -0.466 e. The van der Waals surface area contributed by atoms with Gasteiger partial charge in [-0.05, 0) is 26.8 Å². The number of hydrogen-bond donors (Lipinski definition) is 0. The molecule has 0 unspecified atom stereocenters. The lowest BCUT2D eigenvalue weighted by molar-refractivity contribution is -0.116. The Hall–Kier alpha value is -1.38. The van der Waals surface area contributed by atoms with Gasteiger partial charge in [0.15, 0.2) is 5.78 Å². The summed E-state index contributed by atoms with van der Waals surface area (Å²) in [5.74, 6) is 0.998. The fourth-order valence-corrected chi connectivity index (χ4v) is 1.23. The smallest absolute Gasteiger partial charge is 0.173 e. The largest absolute Gasteiger partial charge is 0.466 e. The third-order valence-corrected chi connectivity index (χ3v) is 1.75.